The molecule has 0 aromatic heterocycles. The molecule has 0 saturated heterocycles. The normalized spacial score (nSPS) is 12.7. The van der Waals surface area contributed by atoms with Gasteiger partial charge in [-0.2, -0.15) is 0 Å². The van der Waals surface area contributed by atoms with Gasteiger partial charge in [0.1, 0.15) is 0 Å². The van der Waals surface area contributed by atoms with Gasteiger partial charge in [0.2, 0.25) is 0 Å². The van der Waals surface area contributed by atoms with Gasteiger partial charge in [-0.15, -0.1) is 0 Å². The van der Waals surface area contributed by atoms with E-state index >= 15 is 0 Å². The van der Waals surface area contributed by atoms with Crippen molar-refractivity contribution in [3.63, 3.8) is 0 Å². The average molecular weight is 285 g/mol. The summed E-state index contributed by atoms with van der Waals surface area (Å²) in [7, 11) is 4.04. The molecule has 0 N–H and O–H groups in total. The van der Waals surface area contributed by atoms with Gasteiger partial charge in [0.05, 0.1) is 6.10 Å². The van der Waals surface area contributed by atoms with Crippen LogP contribution in [0, 0.1) is 0 Å². The third-order valence-electron chi connectivity index (χ3n) is 3.53. The number of rotatable bonds is 13. The summed E-state index contributed by atoms with van der Waals surface area (Å²) in [5.74, 6) is -0.0395. The molecule has 0 heterocycles. The summed E-state index contributed by atoms with van der Waals surface area (Å²) < 4.78 is 5.42. The lowest BCUT2D eigenvalue weighted by Gasteiger charge is -2.14. The molecule has 0 radical (unpaired) electrons. The van der Waals surface area contributed by atoms with Gasteiger partial charge in [-0.05, 0) is 46.8 Å². The van der Waals surface area contributed by atoms with Gasteiger partial charge in [0.15, 0.2) is 0 Å². The van der Waals surface area contributed by atoms with Crippen LogP contribution >= 0.6 is 0 Å². The minimum atomic E-state index is -0.0395. The first-order chi connectivity index (χ1) is 9.56. The van der Waals surface area contributed by atoms with Crippen LogP contribution < -0.4 is 0 Å². The van der Waals surface area contributed by atoms with Crippen molar-refractivity contribution in [2.45, 2.75) is 84.2 Å². The first-order valence-corrected chi connectivity index (χ1v) is 8.40. The fourth-order valence-corrected chi connectivity index (χ4v) is 2.27. The van der Waals surface area contributed by atoms with Crippen LogP contribution in [0.4, 0.5) is 0 Å². The molecule has 0 amide bonds. The van der Waals surface area contributed by atoms with Gasteiger partial charge < -0.3 is 9.64 Å². The number of carbonyl (C=O) groups is 1. The van der Waals surface area contributed by atoms with Crippen LogP contribution in [0.1, 0.15) is 78.1 Å². The summed E-state index contributed by atoms with van der Waals surface area (Å²) in [5, 5.41) is 0. The lowest BCUT2D eigenvalue weighted by Crippen LogP contribution is -2.18. The Labute approximate surface area is 126 Å². The molecule has 120 valence electrons. The number of ether oxygens (including phenoxy) is 1. The minimum absolute atomic E-state index is 0.0395. The van der Waals surface area contributed by atoms with Gasteiger partial charge in [0.25, 0.3) is 0 Å². The van der Waals surface area contributed by atoms with Crippen LogP contribution in [0.25, 0.3) is 0 Å². The van der Waals surface area contributed by atoms with E-state index < -0.39 is 0 Å². The van der Waals surface area contributed by atoms with Crippen molar-refractivity contribution in [3.05, 3.63) is 0 Å². The third kappa shape index (κ3) is 13.9. The highest BCUT2D eigenvalue weighted by Crippen LogP contribution is 2.11. The number of unbranched alkanes of at least 4 members (excludes halogenated alkanes) is 6. The van der Waals surface area contributed by atoms with Gasteiger partial charge >= 0.3 is 5.97 Å². The van der Waals surface area contributed by atoms with Crippen LogP contribution in [0.5, 0.6) is 0 Å². The Morgan fingerprint density at radius 1 is 1.00 bits per heavy atom. The van der Waals surface area contributed by atoms with Crippen molar-refractivity contribution >= 4 is 5.97 Å². The van der Waals surface area contributed by atoms with E-state index in [4.69, 9.17) is 4.74 Å². The molecule has 0 saturated carbocycles. The summed E-state index contributed by atoms with van der Waals surface area (Å²) in [6, 6.07) is 0. The van der Waals surface area contributed by atoms with E-state index in [-0.39, 0.29) is 12.1 Å². The van der Waals surface area contributed by atoms with Gasteiger partial charge in [-0.25, -0.2) is 0 Å². The highest BCUT2D eigenvalue weighted by Gasteiger charge is 2.09. The Bertz CT molecular complexity index is 229. The smallest absolute Gasteiger partial charge is 0.306 e. The second-order valence-corrected chi connectivity index (χ2v) is 6.12. The van der Waals surface area contributed by atoms with E-state index in [0.717, 1.165) is 19.4 Å². The zero-order valence-corrected chi connectivity index (χ0v) is 14.1. The second kappa shape index (κ2) is 13.4. The monoisotopic (exact) mass is 285 g/mol. The summed E-state index contributed by atoms with van der Waals surface area (Å²) in [6.45, 7) is 5.21. The van der Waals surface area contributed by atoms with Crippen molar-refractivity contribution in [2.24, 2.45) is 0 Å². The van der Waals surface area contributed by atoms with Crippen molar-refractivity contribution in [1.82, 2.24) is 4.90 Å². The molecule has 0 fully saturated rings. The highest BCUT2D eigenvalue weighted by molar-refractivity contribution is 5.69. The largest absolute Gasteiger partial charge is 0.463 e. The Morgan fingerprint density at radius 3 is 2.20 bits per heavy atom. The second-order valence-electron chi connectivity index (χ2n) is 6.12. The summed E-state index contributed by atoms with van der Waals surface area (Å²) in [4.78, 5) is 13.7. The topological polar surface area (TPSA) is 29.5 Å². The quantitative estimate of drug-likeness (QED) is 0.371. The lowest BCUT2D eigenvalue weighted by molar-refractivity contribution is -0.148. The molecule has 0 aliphatic heterocycles. The summed E-state index contributed by atoms with van der Waals surface area (Å²) in [5.41, 5.74) is 0. The average Bonchev–Trinajstić information content (AvgIpc) is 2.37. The fraction of sp³-hybridized carbons (Fsp3) is 0.941. The Morgan fingerprint density at radius 2 is 1.60 bits per heavy atom. The van der Waals surface area contributed by atoms with Crippen molar-refractivity contribution in [2.75, 3.05) is 20.6 Å². The summed E-state index contributed by atoms with van der Waals surface area (Å²) >= 11 is 0. The van der Waals surface area contributed by atoms with E-state index in [9.17, 15) is 4.79 Å². The molecular formula is C17H35NO2. The third-order valence-corrected chi connectivity index (χ3v) is 3.53. The summed E-state index contributed by atoms with van der Waals surface area (Å²) in [6.07, 6.45) is 11.7. The Kier molecular flexibility index (Phi) is 13.0. The molecule has 0 spiro atoms. The van der Waals surface area contributed by atoms with Gasteiger partial charge in [0, 0.05) is 6.42 Å². The number of hydrogen-bond acceptors (Lipinski definition) is 3. The maximum absolute atomic E-state index is 11.6. The van der Waals surface area contributed by atoms with Crippen LogP contribution in [0.15, 0.2) is 0 Å². The van der Waals surface area contributed by atoms with E-state index in [0.29, 0.717) is 6.42 Å². The van der Waals surface area contributed by atoms with Crippen molar-refractivity contribution < 1.29 is 9.53 Å². The van der Waals surface area contributed by atoms with Crippen molar-refractivity contribution in [3.8, 4) is 0 Å². The number of hydrogen-bond donors (Lipinski definition) is 0. The highest BCUT2D eigenvalue weighted by atomic mass is 16.5. The number of carbonyl (C=O) groups excluding carboxylic acids is 1. The maximum Gasteiger partial charge on any atom is 0.306 e. The first-order valence-electron chi connectivity index (χ1n) is 8.40. The standard InChI is InChI=1S/C17H35NO2/c1-5-6-7-8-9-10-11-13-16(2)20-17(19)14-12-15-18(3)4/h16H,5-15H2,1-4H3. The van der Waals surface area contributed by atoms with E-state index in [1.165, 1.54) is 44.9 Å². The van der Waals surface area contributed by atoms with Crippen LogP contribution in [-0.2, 0) is 9.53 Å². The molecule has 1 atom stereocenters. The number of esters is 1. The molecule has 3 heteroatoms. The molecule has 0 bridgehead atoms. The van der Waals surface area contributed by atoms with E-state index in [2.05, 4.69) is 11.8 Å². The molecule has 0 aromatic carbocycles. The van der Waals surface area contributed by atoms with Crippen LogP contribution in [0.3, 0.4) is 0 Å². The maximum atomic E-state index is 11.6. The molecule has 0 aromatic rings. The van der Waals surface area contributed by atoms with Crippen molar-refractivity contribution in [1.29, 1.82) is 0 Å². The van der Waals surface area contributed by atoms with Crippen LogP contribution in [-0.4, -0.2) is 37.6 Å². The predicted molar refractivity (Wildman–Crippen MR) is 86.0 cm³/mol. The molecule has 3 nitrogen and oxygen atoms in total. The van der Waals surface area contributed by atoms with Crippen LogP contribution in [0.2, 0.25) is 0 Å². The molecule has 0 rings (SSSR count). The first kappa shape index (κ1) is 19.4. The van der Waals surface area contributed by atoms with E-state index in [1.807, 2.05) is 21.0 Å². The molecule has 1 unspecified atom stereocenters. The number of nitrogens with zero attached hydrogens (tertiary/aromatic N) is 1. The zero-order valence-electron chi connectivity index (χ0n) is 14.1. The molecular weight excluding hydrogens is 250 g/mol. The van der Waals surface area contributed by atoms with E-state index in [1.54, 1.807) is 0 Å². The molecule has 0 aliphatic carbocycles. The SMILES string of the molecule is CCCCCCCCCC(C)OC(=O)CCCN(C)C. The van der Waals surface area contributed by atoms with Gasteiger partial charge in [-0.1, -0.05) is 45.4 Å². The predicted octanol–water partition coefficient (Wildman–Crippen LogP) is 4.40. The zero-order chi connectivity index (χ0) is 15.2. The fourth-order valence-electron chi connectivity index (χ4n) is 2.27. The van der Waals surface area contributed by atoms with Gasteiger partial charge in [-0.3, -0.25) is 4.79 Å². The minimum Gasteiger partial charge on any atom is -0.463 e. The molecule has 20 heavy (non-hydrogen) atoms. The molecule has 0 aliphatic rings. The Balaban J connectivity index is 3.39. The lowest BCUT2D eigenvalue weighted by atomic mass is 10.1. The Hall–Kier alpha value is -0.570.